The van der Waals surface area contributed by atoms with Crippen LogP contribution in [0.4, 0.5) is 0 Å². The lowest BCUT2D eigenvalue weighted by Gasteiger charge is -2.11. The maximum atomic E-state index is 12.9. The standard InChI is InChI=1S/C22H18O3/c1-2-7-17-14-16(15-8-4-3-5-9-15)12-13-18(17)22(25)21-19(23)10-6-11-20(21)24/h2-14,23-24H,1H3. The van der Waals surface area contributed by atoms with Crippen molar-refractivity contribution in [1.82, 2.24) is 0 Å². The van der Waals surface area contributed by atoms with E-state index < -0.39 is 5.78 Å². The molecular formula is C22H18O3. The topological polar surface area (TPSA) is 57.5 Å². The van der Waals surface area contributed by atoms with E-state index in [1.807, 2.05) is 61.5 Å². The Balaban J connectivity index is 2.12. The van der Waals surface area contributed by atoms with Gasteiger partial charge in [-0.15, -0.1) is 0 Å². The zero-order valence-electron chi connectivity index (χ0n) is 13.8. The Morgan fingerprint density at radius 1 is 0.840 bits per heavy atom. The highest BCUT2D eigenvalue weighted by Gasteiger charge is 2.20. The van der Waals surface area contributed by atoms with E-state index >= 15 is 0 Å². The Morgan fingerprint density at radius 2 is 1.52 bits per heavy atom. The zero-order valence-corrected chi connectivity index (χ0v) is 13.8. The van der Waals surface area contributed by atoms with Crippen molar-refractivity contribution >= 4 is 11.9 Å². The van der Waals surface area contributed by atoms with Crippen molar-refractivity contribution in [3.05, 3.63) is 89.5 Å². The Kier molecular flexibility index (Phi) is 4.66. The summed E-state index contributed by atoms with van der Waals surface area (Å²) in [4.78, 5) is 12.9. The minimum atomic E-state index is -0.414. The predicted octanol–water partition coefficient (Wildman–Crippen LogP) is 5.03. The van der Waals surface area contributed by atoms with Gasteiger partial charge in [0, 0.05) is 5.56 Å². The second-order valence-corrected chi connectivity index (χ2v) is 5.67. The van der Waals surface area contributed by atoms with Gasteiger partial charge in [-0.1, -0.05) is 54.6 Å². The van der Waals surface area contributed by atoms with Gasteiger partial charge in [-0.3, -0.25) is 4.79 Å². The first kappa shape index (κ1) is 16.5. The summed E-state index contributed by atoms with van der Waals surface area (Å²) in [7, 11) is 0. The van der Waals surface area contributed by atoms with Crippen molar-refractivity contribution in [3.63, 3.8) is 0 Å². The van der Waals surface area contributed by atoms with Crippen LogP contribution < -0.4 is 0 Å². The third-order valence-corrected chi connectivity index (χ3v) is 4.00. The summed E-state index contributed by atoms with van der Waals surface area (Å²) in [6.45, 7) is 1.88. The van der Waals surface area contributed by atoms with Crippen LogP contribution in [0.1, 0.15) is 28.4 Å². The molecule has 3 aromatic rings. The highest BCUT2D eigenvalue weighted by molar-refractivity contribution is 6.14. The molecule has 0 unspecified atom stereocenters. The van der Waals surface area contributed by atoms with Gasteiger partial charge in [0.1, 0.15) is 17.1 Å². The predicted molar refractivity (Wildman–Crippen MR) is 99.8 cm³/mol. The number of rotatable bonds is 4. The van der Waals surface area contributed by atoms with Crippen LogP contribution in [0.15, 0.2) is 72.8 Å². The van der Waals surface area contributed by atoms with Crippen LogP contribution in [-0.4, -0.2) is 16.0 Å². The van der Waals surface area contributed by atoms with Crippen molar-refractivity contribution in [2.75, 3.05) is 0 Å². The SMILES string of the molecule is CC=Cc1cc(-c2ccccc2)ccc1C(=O)c1c(O)cccc1O. The van der Waals surface area contributed by atoms with Crippen LogP contribution >= 0.6 is 0 Å². The molecule has 3 rings (SSSR count). The van der Waals surface area contributed by atoms with Crippen LogP contribution in [0.3, 0.4) is 0 Å². The van der Waals surface area contributed by atoms with Crippen molar-refractivity contribution in [2.45, 2.75) is 6.92 Å². The number of allylic oxidation sites excluding steroid dienone is 1. The second kappa shape index (κ2) is 7.05. The third-order valence-electron chi connectivity index (χ3n) is 4.00. The maximum absolute atomic E-state index is 12.9. The Hall–Kier alpha value is -3.33. The molecule has 0 aliphatic heterocycles. The van der Waals surface area contributed by atoms with E-state index in [0.717, 1.165) is 16.7 Å². The zero-order chi connectivity index (χ0) is 17.8. The largest absolute Gasteiger partial charge is 0.507 e. The quantitative estimate of drug-likeness (QED) is 0.660. The number of aromatic hydroxyl groups is 2. The first-order valence-electron chi connectivity index (χ1n) is 7.99. The first-order chi connectivity index (χ1) is 12.1. The second-order valence-electron chi connectivity index (χ2n) is 5.67. The van der Waals surface area contributed by atoms with Crippen LogP contribution in [0, 0.1) is 0 Å². The fraction of sp³-hybridized carbons (Fsp3) is 0.0455. The van der Waals surface area contributed by atoms with Crippen LogP contribution in [0.5, 0.6) is 11.5 Å². The molecule has 0 radical (unpaired) electrons. The molecule has 0 aromatic heterocycles. The van der Waals surface area contributed by atoms with Gasteiger partial charge in [0.05, 0.1) is 0 Å². The molecule has 0 heterocycles. The maximum Gasteiger partial charge on any atom is 0.201 e. The van der Waals surface area contributed by atoms with E-state index in [4.69, 9.17) is 0 Å². The van der Waals surface area contributed by atoms with Gasteiger partial charge in [-0.2, -0.15) is 0 Å². The molecule has 3 nitrogen and oxygen atoms in total. The van der Waals surface area contributed by atoms with Gasteiger partial charge >= 0.3 is 0 Å². The molecule has 0 bridgehead atoms. The molecule has 0 atom stereocenters. The molecule has 0 spiro atoms. The Morgan fingerprint density at radius 3 is 2.16 bits per heavy atom. The minimum absolute atomic E-state index is 0.0827. The molecule has 0 aliphatic rings. The summed E-state index contributed by atoms with van der Waals surface area (Å²) >= 11 is 0. The average molecular weight is 330 g/mol. The average Bonchev–Trinajstić information content (AvgIpc) is 2.62. The molecule has 0 saturated carbocycles. The van der Waals surface area contributed by atoms with E-state index in [0.29, 0.717) is 5.56 Å². The van der Waals surface area contributed by atoms with E-state index in [1.165, 1.54) is 18.2 Å². The molecule has 0 saturated heterocycles. The molecule has 3 heteroatoms. The minimum Gasteiger partial charge on any atom is -0.507 e. The van der Waals surface area contributed by atoms with Crippen molar-refractivity contribution in [2.24, 2.45) is 0 Å². The molecule has 0 fully saturated rings. The number of carbonyl (C=O) groups is 1. The highest BCUT2D eigenvalue weighted by Crippen LogP contribution is 2.31. The van der Waals surface area contributed by atoms with Crippen LogP contribution in [0.25, 0.3) is 17.2 Å². The van der Waals surface area contributed by atoms with Gasteiger partial charge in [0.2, 0.25) is 5.78 Å². The fourth-order valence-electron chi connectivity index (χ4n) is 2.79. The van der Waals surface area contributed by atoms with Gasteiger partial charge < -0.3 is 10.2 Å². The summed E-state index contributed by atoms with van der Waals surface area (Å²) in [5.41, 5.74) is 3.12. The van der Waals surface area contributed by atoms with Crippen molar-refractivity contribution < 1.29 is 15.0 Å². The van der Waals surface area contributed by atoms with Crippen LogP contribution in [-0.2, 0) is 0 Å². The van der Waals surface area contributed by atoms with Gasteiger partial charge in [0.15, 0.2) is 0 Å². The van der Waals surface area contributed by atoms with E-state index in [9.17, 15) is 15.0 Å². The number of benzene rings is 3. The number of ketones is 1. The van der Waals surface area contributed by atoms with Gasteiger partial charge in [-0.05, 0) is 47.9 Å². The first-order valence-corrected chi connectivity index (χ1v) is 7.99. The highest BCUT2D eigenvalue weighted by atomic mass is 16.3. The summed E-state index contributed by atoms with van der Waals surface area (Å²) in [5.74, 6) is -0.879. The smallest absolute Gasteiger partial charge is 0.201 e. The summed E-state index contributed by atoms with van der Waals surface area (Å²) in [6, 6.07) is 19.7. The lowest BCUT2D eigenvalue weighted by atomic mass is 9.93. The molecule has 25 heavy (non-hydrogen) atoms. The van der Waals surface area contributed by atoms with Crippen LogP contribution in [0.2, 0.25) is 0 Å². The van der Waals surface area contributed by atoms with Crippen molar-refractivity contribution in [1.29, 1.82) is 0 Å². The van der Waals surface area contributed by atoms with Gasteiger partial charge in [0.25, 0.3) is 0 Å². The molecule has 0 aliphatic carbocycles. The molecule has 2 N–H and O–H groups in total. The number of phenolic OH excluding ortho intramolecular Hbond substituents is 2. The molecule has 3 aromatic carbocycles. The number of hydrogen-bond acceptors (Lipinski definition) is 3. The van der Waals surface area contributed by atoms with E-state index in [1.54, 1.807) is 6.07 Å². The lowest BCUT2D eigenvalue weighted by Crippen LogP contribution is -2.05. The Bertz CT molecular complexity index is 920. The normalized spacial score (nSPS) is 10.9. The van der Waals surface area contributed by atoms with E-state index in [2.05, 4.69) is 0 Å². The Labute approximate surface area is 146 Å². The summed E-state index contributed by atoms with van der Waals surface area (Å²) in [6.07, 6.45) is 3.70. The fourth-order valence-corrected chi connectivity index (χ4v) is 2.79. The third kappa shape index (κ3) is 3.31. The van der Waals surface area contributed by atoms with Gasteiger partial charge in [-0.25, -0.2) is 0 Å². The lowest BCUT2D eigenvalue weighted by molar-refractivity contribution is 0.103. The number of hydrogen-bond donors (Lipinski definition) is 2. The van der Waals surface area contributed by atoms with E-state index in [-0.39, 0.29) is 17.1 Å². The van der Waals surface area contributed by atoms with Crippen molar-refractivity contribution in [3.8, 4) is 22.6 Å². The summed E-state index contributed by atoms with van der Waals surface area (Å²) in [5, 5.41) is 20.0. The number of carbonyl (C=O) groups excluding carboxylic acids is 1. The monoisotopic (exact) mass is 330 g/mol. The molecule has 124 valence electrons. The molecular weight excluding hydrogens is 312 g/mol. The summed E-state index contributed by atoms with van der Waals surface area (Å²) < 4.78 is 0. The molecule has 0 amide bonds. The number of phenols is 2.